The molecular formula is C8H11Li2N4O8P. The van der Waals surface area contributed by atoms with Crippen LogP contribution in [0.25, 0.3) is 0 Å². The maximum absolute atomic E-state index is 10.9. The van der Waals surface area contributed by atoms with Crippen molar-refractivity contribution >= 4 is 13.7 Å². The van der Waals surface area contributed by atoms with Crippen molar-refractivity contribution < 1.29 is 76.3 Å². The van der Waals surface area contributed by atoms with E-state index >= 15 is 0 Å². The third-order valence-corrected chi connectivity index (χ3v) is 3.19. The summed E-state index contributed by atoms with van der Waals surface area (Å²) in [5.74, 6) is -1.23. The number of ether oxygens (including phenoxy) is 1. The van der Waals surface area contributed by atoms with E-state index < -0.39 is 44.9 Å². The summed E-state index contributed by atoms with van der Waals surface area (Å²) in [7, 11) is -5.23. The van der Waals surface area contributed by atoms with Gasteiger partial charge in [0.25, 0.3) is 5.91 Å². The van der Waals surface area contributed by atoms with E-state index in [0.29, 0.717) is 0 Å². The van der Waals surface area contributed by atoms with Crippen molar-refractivity contribution in [2.24, 2.45) is 5.73 Å². The molecule has 1 amide bonds. The largest absolute Gasteiger partial charge is 1.00 e. The van der Waals surface area contributed by atoms with E-state index in [2.05, 4.69) is 14.6 Å². The quantitative estimate of drug-likeness (QED) is 0.343. The van der Waals surface area contributed by atoms with Gasteiger partial charge in [-0.1, -0.05) is 0 Å². The summed E-state index contributed by atoms with van der Waals surface area (Å²) in [6.07, 6.45) is -4.51. The van der Waals surface area contributed by atoms with Crippen LogP contribution >= 0.6 is 7.82 Å². The fourth-order valence-corrected chi connectivity index (χ4v) is 2.09. The summed E-state index contributed by atoms with van der Waals surface area (Å²) in [5, 5.41) is 23.1. The van der Waals surface area contributed by atoms with Crippen LogP contribution in [0.3, 0.4) is 0 Å². The zero-order valence-electron chi connectivity index (χ0n) is 12.3. The third kappa shape index (κ3) is 5.67. The average molecular weight is 336 g/mol. The van der Waals surface area contributed by atoms with Crippen LogP contribution in [0, 0.1) is 0 Å². The Hall–Kier alpha value is -0.205. The summed E-state index contributed by atoms with van der Waals surface area (Å²) >= 11 is 0. The summed E-state index contributed by atoms with van der Waals surface area (Å²) in [5.41, 5.74) is 4.96. The van der Waals surface area contributed by atoms with Crippen molar-refractivity contribution in [2.45, 2.75) is 24.5 Å². The van der Waals surface area contributed by atoms with Crippen molar-refractivity contribution in [2.75, 3.05) is 6.61 Å². The first-order valence-corrected chi connectivity index (χ1v) is 7.04. The maximum Gasteiger partial charge on any atom is 1.00 e. The molecule has 1 aromatic heterocycles. The van der Waals surface area contributed by atoms with Crippen LogP contribution in [0.2, 0.25) is 0 Å². The molecule has 2 rings (SSSR count). The second-order valence-corrected chi connectivity index (χ2v) is 5.35. The van der Waals surface area contributed by atoms with Crippen molar-refractivity contribution in [3.8, 4) is 0 Å². The second kappa shape index (κ2) is 8.76. The molecule has 0 spiro atoms. The van der Waals surface area contributed by atoms with Gasteiger partial charge in [-0.2, -0.15) is 0 Å². The number of carbonyl (C=O) groups excluding carboxylic acids is 1. The number of aliphatic hydroxyl groups excluding tert-OH is 2. The molecule has 23 heavy (non-hydrogen) atoms. The first kappa shape index (κ1) is 22.8. The molecule has 0 bridgehead atoms. The molecule has 1 saturated heterocycles. The van der Waals surface area contributed by atoms with Crippen LogP contribution in [-0.4, -0.2) is 55.8 Å². The van der Waals surface area contributed by atoms with Crippen LogP contribution in [0.5, 0.6) is 0 Å². The molecule has 0 aliphatic carbocycles. The molecule has 12 nitrogen and oxygen atoms in total. The number of primary amides is 1. The number of nitrogens with zero attached hydrogens (tertiary/aromatic N) is 3. The van der Waals surface area contributed by atoms with E-state index in [4.69, 9.17) is 10.5 Å². The molecule has 118 valence electrons. The number of phosphoric ester groups is 1. The Morgan fingerprint density at radius 2 is 2.04 bits per heavy atom. The van der Waals surface area contributed by atoms with Crippen molar-refractivity contribution in [1.29, 1.82) is 0 Å². The molecule has 4 unspecified atom stereocenters. The molecule has 0 saturated carbocycles. The number of rotatable bonds is 5. The van der Waals surface area contributed by atoms with Gasteiger partial charge < -0.3 is 39.6 Å². The SMILES string of the molecule is NC(=O)c1ncn(C2OC(COP(=O)([O-])[O-])C(O)C2O)n1.[Li+].[Li+]. The van der Waals surface area contributed by atoms with Crippen LogP contribution in [0.1, 0.15) is 16.8 Å². The van der Waals surface area contributed by atoms with E-state index in [1.54, 1.807) is 0 Å². The second-order valence-electron chi connectivity index (χ2n) is 4.20. The van der Waals surface area contributed by atoms with Crippen LogP contribution in [0.4, 0.5) is 0 Å². The zero-order valence-corrected chi connectivity index (χ0v) is 13.2. The number of hydrogen-bond acceptors (Lipinski definition) is 10. The Bertz CT molecular complexity index is 582. The predicted octanol–water partition coefficient (Wildman–Crippen LogP) is -10.2. The van der Waals surface area contributed by atoms with Gasteiger partial charge in [-0.3, -0.25) is 4.79 Å². The molecule has 15 heteroatoms. The van der Waals surface area contributed by atoms with Crippen LogP contribution in [-0.2, 0) is 13.8 Å². The topological polar surface area (TPSA) is 196 Å². The molecule has 4 N–H and O–H groups in total. The molecule has 4 atom stereocenters. The molecule has 2 heterocycles. The smallest absolute Gasteiger partial charge is 0.790 e. The standard InChI is InChI=1S/C8H13N4O8P.2Li/c9-6(15)7-10-2-12(11-7)8-5(14)4(13)3(20-8)1-19-21(16,17)18;;/h2-5,8,13-14H,1H2,(H2,9,15)(H2,16,17,18);;/q;2*+1/p-2. The zero-order chi connectivity index (χ0) is 15.8. The van der Waals surface area contributed by atoms with Gasteiger partial charge in [0.15, 0.2) is 6.23 Å². The predicted molar refractivity (Wildman–Crippen MR) is 58.0 cm³/mol. The normalized spacial score (nSPS) is 27.1. The molecule has 0 aromatic carbocycles. The van der Waals surface area contributed by atoms with Gasteiger partial charge >= 0.3 is 37.7 Å². The Kier molecular flexibility index (Phi) is 8.68. The summed E-state index contributed by atoms with van der Waals surface area (Å²) in [4.78, 5) is 35.2. The van der Waals surface area contributed by atoms with Gasteiger partial charge in [0.1, 0.15) is 24.6 Å². The molecule has 1 fully saturated rings. The molecule has 1 aliphatic heterocycles. The van der Waals surface area contributed by atoms with Crippen LogP contribution in [0.15, 0.2) is 6.33 Å². The minimum absolute atomic E-state index is 0. The van der Waals surface area contributed by atoms with E-state index in [1.807, 2.05) is 0 Å². The fourth-order valence-electron chi connectivity index (χ4n) is 1.76. The number of aromatic nitrogens is 3. The number of hydrogen-bond donors (Lipinski definition) is 3. The first-order chi connectivity index (χ1) is 9.69. The van der Waals surface area contributed by atoms with Crippen molar-refractivity contribution in [3.05, 3.63) is 12.2 Å². The van der Waals surface area contributed by atoms with Crippen molar-refractivity contribution in [1.82, 2.24) is 14.8 Å². The van der Waals surface area contributed by atoms with E-state index in [0.717, 1.165) is 11.0 Å². The van der Waals surface area contributed by atoms with Gasteiger partial charge in [-0.25, -0.2) is 9.67 Å². The van der Waals surface area contributed by atoms with E-state index in [9.17, 15) is 29.4 Å². The Morgan fingerprint density at radius 1 is 1.43 bits per heavy atom. The molecule has 1 aliphatic rings. The summed E-state index contributed by atoms with van der Waals surface area (Å²) in [6, 6.07) is 0. The van der Waals surface area contributed by atoms with E-state index in [1.165, 1.54) is 0 Å². The van der Waals surface area contributed by atoms with Gasteiger partial charge in [0, 0.05) is 0 Å². The summed E-state index contributed by atoms with van der Waals surface area (Å²) < 4.78 is 20.4. The fraction of sp³-hybridized carbons (Fsp3) is 0.625. The van der Waals surface area contributed by atoms with Crippen LogP contribution < -0.4 is 53.2 Å². The number of carbonyl (C=O) groups is 1. The first-order valence-electron chi connectivity index (χ1n) is 5.58. The number of phosphoric acid groups is 1. The van der Waals surface area contributed by atoms with Gasteiger partial charge in [0.05, 0.1) is 14.4 Å². The Morgan fingerprint density at radius 3 is 2.52 bits per heavy atom. The van der Waals surface area contributed by atoms with E-state index in [-0.39, 0.29) is 43.5 Å². The molecule has 1 aromatic rings. The average Bonchev–Trinajstić information content (AvgIpc) is 2.94. The minimum Gasteiger partial charge on any atom is -0.790 e. The third-order valence-electron chi connectivity index (χ3n) is 2.72. The van der Waals surface area contributed by atoms with Gasteiger partial charge in [-0.05, 0) is 0 Å². The molecular weight excluding hydrogens is 325 g/mol. The maximum atomic E-state index is 10.9. The van der Waals surface area contributed by atoms with Crippen molar-refractivity contribution in [3.63, 3.8) is 0 Å². The number of amides is 1. The number of aliphatic hydroxyl groups is 2. The Labute approximate surface area is 153 Å². The summed E-state index contributed by atoms with van der Waals surface area (Å²) in [6.45, 7) is -0.767. The van der Waals surface area contributed by atoms with Gasteiger partial charge in [-0.15, -0.1) is 5.10 Å². The molecule has 0 radical (unpaired) electrons. The number of nitrogens with two attached hydrogens (primary N) is 1. The minimum atomic E-state index is -5.23. The van der Waals surface area contributed by atoms with Gasteiger partial charge in [0.2, 0.25) is 5.82 Å². The monoisotopic (exact) mass is 336 g/mol. The Balaban J connectivity index is 0.00000242.